The van der Waals surface area contributed by atoms with Crippen LogP contribution in [0.4, 0.5) is 26.3 Å². The summed E-state index contributed by atoms with van der Waals surface area (Å²) >= 11 is 0. The van der Waals surface area contributed by atoms with Crippen molar-refractivity contribution in [1.82, 2.24) is 5.32 Å². The molecule has 0 radical (unpaired) electrons. The molecule has 1 unspecified atom stereocenters. The zero-order chi connectivity index (χ0) is 16.3. The highest BCUT2D eigenvalue weighted by Crippen LogP contribution is 2.39. The number of hydrogen-bond acceptors (Lipinski definition) is 2. The maximum atomic E-state index is 12.4. The summed E-state index contributed by atoms with van der Waals surface area (Å²) < 4.78 is 74.3. The number of aliphatic hydroxyl groups excluding tert-OH is 1. The number of halogens is 6. The lowest BCUT2D eigenvalue weighted by atomic mass is 10.0. The lowest BCUT2D eigenvalue weighted by molar-refractivity contribution is -0.274. The standard InChI is InChI=1S/C12H11F6NO2/c13-11(14,15)9(12(16,17)18)10(21)19-8(6-20)7-4-2-1-3-5-7/h1-5,8-9,20H,6H2,(H,19,21). The first kappa shape index (κ1) is 17.3. The Balaban J connectivity index is 2.96. The van der Waals surface area contributed by atoms with Gasteiger partial charge in [0.25, 0.3) is 0 Å². The third kappa shape index (κ3) is 4.62. The second-order valence-electron chi connectivity index (χ2n) is 4.17. The van der Waals surface area contributed by atoms with Crippen molar-refractivity contribution in [3.8, 4) is 0 Å². The number of carbonyl (C=O) groups is 1. The molecule has 0 spiro atoms. The molecule has 0 saturated heterocycles. The molecule has 9 heteroatoms. The van der Waals surface area contributed by atoms with Crippen molar-refractivity contribution in [2.75, 3.05) is 6.61 Å². The zero-order valence-electron chi connectivity index (χ0n) is 10.4. The molecule has 1 aromatic rings. The number of alkyl halides is 6. The molecule has 1 atom stereocenters. The minimum Gasteiger partial charge on any atom is -0.394 e. The van der Waals surface area contributed by atoms with Crippen LogP contribution >= 0.6 is 0 Å². The van der Waals surface area contributed by atoms with Gasteiger partial charge in [0.2, 0.25) is 11.8 Å². The summed E-state index contributed by atoms with van der Waals surface area (Å²) in [6.07, 6.45) is -11.5. The van der Waals surface area contributed by atoms with Crippen molar-refractivity contribution < 1.29 is 36.2 Å². The number of nitrogens with one attached hydrogen (secondary N) is 1. The first-order valence-corrected chi connectivity index (χ1v) is 5.67. The Kier molecular flexibility index (Phi) is 5.21. The van der Waals surface area contributed by atoms with Crippen LogP contribution in [0.3, 0.4) is 0 Å². The fourth-order valence-corrected chi connectivity index (χ4v) is 1.66. The summed E-state index contributed by atoms with van der Waals surface area (Å²) in [6.45, 7) is -0.835. The first-order chi connectivity index (χ1) is 9.57. The summed E-state index contributed by atoms with van der Waals surface area (Å²) in [4.78, 5) is 11.3. The van der Waals surface area contributed by atoms with Gasteiger partial charge in [0.05, 0.1) is 12.6 Å². The van der Waals surface area contributed by atoms with Crippen LogP contribution in [-0.2, 0) is 4.79 Å². The Morgan fingerprint density at radius 1 is 1.05 bits per heavy atom. The van der Waals surface area contributed by atoms with Crippen LogP contribution in [0.15, 0.2) is 30.3 Å². The van der Waals surface area contributed by atoms with E-state index in [1.54, 1.807) is 11.4 Å². The Morgan fingerprint density at radius 3 is 1.90 bits per heavy atom. The Bertz CT molecular complexity index is 457. The fourth-order valence-electron chi connectivity index (χ4n) is 1.66. The predicted molar refractivity (Wildman–Crippen MR) is 60.0 cm³/mol. The molecule has 0 heterocycles. The lowest BCUT2D eigenvalue weighted by Crippen LogP contribution is -2.49. The van der Waals surface area contributed by atoms with E-state index in [0.717, 1.165) is 0 Å². The third-order valence-corrected chi connectivity index (χ3v) is 2.62. The van der Waals surface area contributed by atoms with Gasteiger partial charge in [-0.3, -0.25) is 4.79 Å². The normalized spacial score (nSPS) is 14.1. The van der Waals surface area contributed by atoms with Gasteiger partial charge in [0.1, 0.15) is 0 Å². The van der Waals surface area contributed by atoms with Gasteiger partial charge in [-0.25, -0.2) is 0 Å². The van der Waals surface area contributed by atoms with Crippen molar-refractivity contribution in [1.29, 1.82) is 0 Å². The summed E-state index contributed by atoms with van der Waals surface area (Å²) in [5.41, 5.74) is 0.191. The van der Waals surface area contributed by atoms with Crippen molar-refractivity contribution in [2.24, 2.45) is 5.92 Å². The first-order valence-electron chi connectivity index (χ1n) is 5.67. The number of amides is 1. The van der Waals surface area contributed by atoms with E-state index in [2.05, 4.69) is 0 Å². The van der Waals surface area contributed by atoms with Gasteiger partial charge in [-0.1, -0.05) is 30.3 Å². The van der Waals surface area contributed by atoms with E-state index < -0.39 is 36.8 Å². The highest BCUT2D eigenvalue weighted by atomic mass is 19.4. The molecule has 0 bridgehead atoms. The molecule has 0 aliphatic rings. The van der Waals surface area contributed by atoms with Gasteiger partial charge in [-0.15, -0.1) is 0 Å². The van der Waals surface area contributed by atoms with Gasteiger partial charge in [-0.05, 0) is 5.56 Å². The van der Waals surface area contributed by atoms with Crippen LogP contribution in [0.1, 0.15) is 11.6 Å². The molecule has 21 heavy (non-hydrogen) atoms. The minimum atomic E-state index is -5.76. The van der Waals surface area contributed by atoms with Crippen molar-refractivity contribution in [2.45, 2.75) is 18.4 Å². The van der Waals surface area contributed by atoms with E-state index in [1.165, 1.54) is 24.3 Å². The van der Waals surface area contributed by atoms with Crippen LogP contribution in [0.5, 0.6) is 0 Å². The molecule has 118 valence electrons. The number of hydrogen-bond donors (Lipinski definition) is 2. The quantitative estimate of drug-likeness (QED) is 0.839. The van der Waals surface area contributed by atoms with Crippen LogP contribution in [0, 0.1) is 5.92 Å². The average Bonchev–Trinajstić information content (AvgIpc) is 2.33. The molecule has 3 nitrogen and oxygen atoms in total. The predicted octanol–water partition coefficient (Wildman–Crippen LogP) is 2.58. The summed E-state index contributed by atoms with van der Waals surface area (Å²) in [6, 6.07) is 5.86. The maximum Gasteiger partial charge on any atom is 0.409 e. The number of rotatable bonds is 4. The molecule has 1 aromatic carbocycles. The van der Waals surface area contributed by atoms with Crippen molar-refractivity contribution >= 4 is 5.91 Å². The fraction of sp³-hybridized carbons (Fsp3) is 0.417. The van der Waals surface area contributed by atoms with Gasteiger partial charge < -0.3 is 10.4 Å². The van der Waals surface area contributed by atoms with E-state index in [-0.39, 0.29) is 5.56 Å². The van der Waals surface area contributed by atoms with Gasteiger partial charge in [-0.2, -0.15) is 26.3 Å². The van der Waals surface area contributed by atoms with E-state index in [1.807, 2.05) is 0 Å². The second kappa shape index (κ2) is 6.33. The van der Waals surface area contributed by atoms with Crippen LogP contribution < -0.4 is 5.32 Å². The van der Waals surface area contributed by atoms with Crippen LogP contribution in [-0.4, -0.2) is 30.0 Å². The summed E-state index contributed by atoms with van der Waals surface area (Å²) in [5.74, 6) is -6.39. The van der Waals surface area contributed by atoms with E-state index >= 15 is 0 Å². The highest BCUT2D eigenvalue weighted by molar-refractivity contribution is 5.80. The zero-order valence-corrected chi connectivity index (χ0v) is 10.4. The van der Waals surface area contributed by atoms with Crippen molar-refractivity contribution in [3.63, 3.8) is 0 Å². The molecule has 1 amide bonds. The highest BCUT2D eigenvalue weighted by Gasteiger charge is 2.61. The smallest absolute Gasteiger partial charge is 0.394 e. The van der Waals surface area contributed by atoms with Gasteiger partial charge in [0, 0.05) is 0 Å². The molecule has 0 saturated carbocycles. The van der Waals surface area contributed by atoms with Crippen molar-refractivity contribution in [3.05, 3.63) is 35.9 Å². The molecule has 0 fully saturated rings. The summed E-state index contributed by atoms with van der Waals surface area (Å²) in [5, 5.41) is 10.6. The average molecular weight is 315 g/mol. The van der Waals surface area contributed by atoms with E-state index in [4.69, 9.17) is 5.11 Å². The summed E-state index contributed by atoms with van der Waals surface area (Å²) in [7, 11) is 0. The second-order valence-corrected chi connectivity index (χ2v) is 4.17. The SMILES string of the molecule is O=C(NC(CO)c1ccccc1)C(C(F)(F)F)C(F)(F)F. The molecule has 0 aromatic heterocycles. The largest absolute Gasteiger partial charge is 0.409 e. The van der Waals surface area contributed by atoms with E-state index in [9.17, 15) is 31.1 Å². The number of carbonyl (C=O) groups excluding carboxylic acids is 1. The number of benzene rings is 1. The molecule has 2 N–H and O–H groups in total. The minimum absolute atomic E-state index is 0.191. The maximum absolute atomic E-state index is 12.4. The molecule has 0 aliphatic carbocycles. The Morgan fingerprint density at radius 2 is 1.52 bits per heavy atom. The monoisotopic (exact) mass is 315 g/mol. The van der Waals surface area contributed by atoms with Gasteiger partial charge in [0.15, 0.2) is 0 Å². The molecular weight excluding hydrogens is 304 g/mol. The van der Waals surface area contributed by atoms with Crippen LogP contribution in [0.25, 0.3) is 0 Å². The third-order valence-electron chi connectivity index (χ3n) is 2.62. The van der Waals surface area contributed by atoms with Gasteiger partial charge >= 0.3 is 12.4 Å². The molecule has 0 aliphatic heterocycles. The van der Waals surface area contributed by atoms with Crippen LogP contribution in [0.2, 0.25) is 0 Å². The molecular formula is C12H11F6NO2. The van der Waals surface area contributed by atoms with E-state index in [0.29, 0.717) is 0 Å². The lowest BCUT2D eigenvalue weighted by Gasteiger charge is -2.25. The number of aliphatic hydroxyl groups is 1. The topological polar surface area (TPSA) is 49.3 Å². The Labute approximate surface area is 115 Å². The Hall–Kier alpha value is -1.77. The molecule has 1 rings (SSSR count).